The molecule has 23 heavy (non-hydrogen) atoms. The largest absolute Gasteiger partial charge is 0.351 e. The highest BCUT2D eigenvalue weighted by Crippen LogP contribution is 2.16. The molecule has 2 amide bonds. The predicted octanol–water partition coefficient (Wildman–Crippen LogP) is 1.45. The first-order valence-electron chi connectivity index (χ1n) is 7.95. The highest BCUT2D eigenvalue weighted by atomic mass is 16.2. The molecule has 7 nitrogen and oxygen atoms in total. The molecular formula is C16H22N4O3. The van der Waals surface area contributed by atoms with E-state index in [9.17, 15) is 14.4 Å². The van der Waals surface area contributed by atoms with Crippen LogP contribution in [0.2, 0.25) is 0 Å². The van der Waals surface area contributed by atoms with Crippen LogP contribution in [0.4, 0.5) is 0 Å². The summed E-state index contributed by atoms with van der Waals surface area (Å²) in [5, 5.41) is 6.42. The maximum Gasteiger partial charge on any atom is 0.351 e. The Morgan fingerprint density at radius 2 is 1.91 bits per heavy atom. The number of nitrogens with one attached hydrogen (secondary N) is 1. The highest BCUT2D eigenvalue weighted by Gasteiger charge is 2.30. The highest BCUT2D eigenvalue weighted by molar-refractivity contribution is 5.99. The molecule has 0 radical (unpaired) electrons. The van der Waals surface area contributed by atoms with Crippen molar-refractivity contribution in [3.63, 3.8) is 0 Å². The molecule has 1 unspecified atom stereocenters. The molecule has 0 saturated carbocycles. The second-order valence-electron chi connectivity index (χ2n) is 5.52. The summed E-state index contributed by atoms with van der Waals surface area (Å²) in [7, 11) is 0. The maximum atomic E-state index is 12.3. The van der Waals surface area contributed by atoms with E-state index in [-0.39, 0.29) is 18.0 Å². The van der Waals surface area contributed by atoms with Gasteiger partial charge in [0, 0.05) is 12.6 Å². The number of hydrogen-bond donors (Lipinski definition) is 1. The van der Waals surface area contributed by atoms with Crippen LogP contribution in [0.1, 0.15) is 51.6 Å². The van der Waals surface area contributed by atoms with Gasteiger partial charge in [-0.3, -0.25) is 14.9 Å². The molecule has 2 aromatic rings. The first kappa shape index (κ1) is 16.9. The number of aromatic nitrogens is 3. The molecular weight excluding hydrogens is 296 g/mol. The smallest absolute Gasteiger partial charge is 0.295 e. The minimum atomic E-state index is -0.717. The lowest BCUT2D eigenvalue weighted by molar-refractivity contribution is -0.136. The summed E-state index contributed by atoms with van der Waals surface area (Å²) in [6.07, 6.45) is 4.31. The van der Waals surface area contributed by atoms with E-state index in [1.165, 1.54) is 10.8 Å². The van der Waals surface area contributed by atoms with E-state index in [4.69, 9.17) is 0 Å². The predicted molar refractivity (Wildman–Crippen MR) is 86.2 cm³/mol. The summed E-state index contributed by atoms with van der Waals surface area (Å²) in [5.41, 5.74) is 1.16. The van der Waals surface area contributed by atoms with Gasteiger partial charge in [-0.25, -0.2) is 9.20 Å². The zero-order valence-corrected chi connectivity index (χ0v) is 13.7. The lowest BCUT2D eigenvalue weighted by atomic mass is 10.1. The number of pyridine rings is 1. The van der Waals surface area contributed by atoms with Crippen molar-refractivity contribution in [1.29, 1.82) is 0 Å². The van der Waals surface area contributed by atoms with Gasteiger partial charge in [0.25, 0.3) is 5.91 Å². The van der Waals surface area contributed by atoms with Crippen molar-refractivity contribution in [3.05, 3.63) is 34.4 Å². The third-order valence-corrected chi connectivity index (χ3v) is 3.51. The molecule has 1 atom stereocenters. The molecule has 0 spiro atoms. The number of hydrogen-bond acceptors (Lipinski definition) is 4. The summed E-state index contributed by atoms with van der Waals surface area (Å²) in [6, 6.07) is 2.93. The van der Waals surface area contributed by atoms with Crippen LogP contribution < -0.4 is 11.0 Å². The number of imide groups is 1. The van der Waals surface area contributed by atoms with E-state index < -0.39 is 11.9 Å². The number of carbonyl (C=O) groups excluding carboxylic acids is 2. The van der Waals surface area contributed by atoms with Gasteiger partial charge in [-0.2, -0.15) is 4.68 Å². The summed E-state index contributed by atoms with van der Waals surface area (Å²) in [6.45, 7) is 6.25. The Hall–Kier alpha value is -2.44. The molecule has 0 aromatic carbocycles. The fourth-order valence-electron chi connectivity index (χ4n) is 2.36. The van der Waals surface area contributed by atoms with Gasteiger partial charge in [0.1, 0.15) is 6.04 Å². The van der Waals surface area contributed by atoms with Gasteiger partial charge in [0.2, 0.25) is 5.91 Å². The van der Waals surface area contributed by atoms with E-state index in [0.29, 0.717) is 12.1 Å². The summed E-state index contributed by atoms with van der Waals surface area (Å²) in [5.74, 6) is -0.779. The summed E-state index contributed by atoms with van der Waals surface area (Å²) in [4.78, 5) is 35.3. The van der Waals surface area contributed by atoms with E-state index in [1.807, 2.05) is 13.0 Å². The lowest BCUT2D eigenvalue weighted by Crippen LogP contribution is -2.44. The molecule has 1 aliphatic heterocycles. The second kappa shape index (κ2) is 7.21. The molecule has 1 fully saturated rings. The Kier molecular flexibility index (Phi) is 5.31. The average Bonchev–Trinajstić information content (AvgIpc) is 2.84. The first-order valence-corrected chi connectivity index (χ1v) is 7.95. The number of carbonyl (C=O) groups is 2. The maximum absolute atomic E-state index is 12.3. The van der Waals surface area contributed by atoms with Crippen molar-refractivity contribution in [2.24, 2.45) is 0 Å². The third-order valence-electron chi connectivity index (χ3n) is 3.51. The Bertz CT molecular complexity index is 775. The van der Waals surface area contributed by atoms with Gasteiger partial charge < -0.3 is 0 Å². The van der Waals surface area contributed by atoms with E-state index >= 15 is 0 Å². The number of nitrogens with zero attached hydrogens (tertiary/aromatic N) is 3. The molecule has 0 bridgehead atoms. The zero-order valence-electron chi connectivity index (χ0n) is 13.7. The summed E-state index contributed by atoms with van der Waals surface area (Å²) >= 11 is 0. The minimum absolute atomic E-state index is 0.219. The van der Waals surface area contributed by atoms with E-state index in [1.54, 1.807) is 12.3 Å². The fraction of sp³-hybridized carbons (Fsp3) is 0.500. The van der Waals surface area contributed by atoms with Crippen LogP contribution in [-0.2, 0) is 16.0 Å². The SMILES string of the molecule is CCC.CCc1ccc2nn(C3CCC(=O)NC3=O)c(=O)n2c1. The Morgan fingerprint density at radius 3 is 2.52 bits per heavy atom. The van der Waals surface area contributed by atoms with Gasteiger partial charge in [-0.05, 0) is 24.5 Å². The van der Waals surface area contributed by atoms with Crippen LogP contribution >= 0.6 is 0 Å². The van der Waals surface area contributed by atoms with E-state index in [2.05, 4.69) is 24.3 Å². The van der Waals surface area contributed by atoms with Crippen molar-refractivity contribution in [1.82, 2.24) is 19.5 Å². The molecule has 7 heteroatoms. The van der Waals surface area contributed by atoms with Crippen molar-refractivity contribution in [2.45, 2.75) is 52.5 Å². The van der Waals surface area contributed by atoms with Crippen LogP contribution in [0, 0.1) is 0 Å². The number of fused-ring (bicyclic) bond motifs is 1. The molecule has 0 aliphatic carbocycles. The lowest BCUT2D eigenvalue weighted by Gasteiger charge is -2.19. The molecule has 1 aliphatic rings. The van der Waals surface area contributed by atoms with Gasteiger partial charge in [0.15, 0.2) is 5.65 Å². The van der Waals surface area contributed by atoms with Gasteiger partial charge in [-0.1, -0.05) is 33.3 Å². The van der Waals surface area contributed by atoms with Crippen molar-refractivity contribution in [2.75, 3.05) is 0 Å². The number of rotatable bonds is 2. The molecule has 1 N–H and O–H groups in total. The molecule has 2 aromatic heterocycles. The van der Waals surface area contributed by atoms with Crippen molar-refractivity contribution >= 4 is 17.5 Å². The normalized spacial score (nSPS) is 17.6. The monoisotopic (exact) mass is 318 g/mol. The quantitative estimate of drug-likeness (QED) is 0.849. The number of amides is 2. The van der Waals surface area contributed by atoms with Crippen LogP contribution in [0.5, 0.6) is 0 Å². The van der Waals surface area contributed by atoms with Gasteiger partial charge >= 0.3 is 5.69 Å². The minimum Gasteiger partial charge on any atom is -0.295 e. The molecule has 1 saturated heterocycles. The first-order chi connectivity index (χ1) is 11.0. The van der Waals surface area contributed by atoms with Crippen molar-refractivity contribution in [3.8, 4) is 0 Å². The average molecular weight is 318 g/mol. The second-order valence-corrected chi connectivity index (χ2v) is 5.52. The standard InChI is InChI=1S/C13H14N4O3.C3H8/c1-2-8-3-5-10-15-17(13(20)16(10)7-8)9-4-6-11(18)14-12(9)19;1-3-2/h3,5,7,9H,2,4,6H2,1H3,(H,14,18,19);3H2,1-2H3. The number of piperidine rings is 1. The molecule has 3 heterocycles. The number of aryl methyl sites for hydroxylation is 1. The zero-order chi connectivity index (χ0) is 17.0. The third kappa shape index (κ3) is 3.49. The Morgan fingerprint density at radius 1 is 1.22 bits per heavy atom. The summed E-state index contributed by atoms with van der Waals surface area (Å²) < 4.78 is 2.60. The van der Waals surface area contributed by atoms with Crippen LogP contribution in [0.15, 0.2) is 23.1 Å². The van der Waals surface area contributed by atoms with Crippen molar-refractivity contribution < 1.29 is 9.59 Å². The van der Waals surface area contributed by atoms with E-state index in [0.717, 1.165) is 16.7 Å². The Labute approximate surface area is 134 Å². The van der Waals surface area contributed by atoms with Gasteiger partial charge in [0.05, 0.1) is 0 Å². The van der Waals surface area contributed by atoms with Crippen LogP contribution in [-0.4, -0.2) is 26.0 Å². The van der Waals surface area contributed by atoms with Crippen LogP contribution in [0.3, 0.4) is 0 Å². The van der Waals surface area contributed by atoms with Gasteiger partial charge in [-0.15, -0.1) is 5.10 Å². The fourth-order valence-corrected chi connectivity index (χ4v) is 2.36. The molecule has 124 valence electrons. The molecule has 3 rings (SSSR count). The van der Waals surface area contributed by atoms with Crippen LogP contribution in [0.25, 0.3) is 5.65 Å². The Balaban J connectivity index is 0.000000595. The topological polar surface area (TPSA) is 85.5 Å².